The third-order valence-electron chi connectivity index (χ3n) is 4.26. The van der Waals surface area contributed by atoms with Crippen molar-refractivity contribution >= 4 is 23.0 Å². The number of nitriles is 1. The van der Waals surface area contributed by atoms with Crippen molar-refractivity contribution < 1.29 is 4.39 Å². The molecule has 1 saturated heterocycles. The molecule has 0 amide bonds. The summed E-state index contributed by atoms with van der Waals surface area (Å²) in [5.74, 6) is -0.302. The Morgan fingerprint density at radius 2 is 1.76 bits per heavy atom. The third-order valence-corrected chi connectivity index (χ3v) is 4.62. The number of piperazine rings is 1. The molecular weight excluding hydrogens is 335 g/mol. The molecule has 4 nitrogen and oxygen atoms in total. The maximum atomic E-state index is 13.7. The lowest BCUT2D eigenvalue weighted by atomic mass is 10.1. The van der Waals surface area contributed by atoms with Crippen LogP contribution in [0.25, 0.3) is 0 Å². The minimum atomic E-state index is -0.302. The van der Waals surface area contributed by atoms with Crippen LogP contribution in [0.3, 0.4) is 0 Å². The second kappa shape index (κ2) is 8.06. The summed E-state index contributed by atoms with van der Waals surface area (Å²) in [6.07, 6.45) is 0. The first-order valence-corrected chi connectivity index (χ1v) is 8.58. The van der Waals surface area contributed by atoms with Gasteiger partial charge in [-0.1, -0.05) is 24.3 Å². The molecule has 0 spiro atoms. The van der Waals surface area contributed by atoms with Crippen molar-refractivity contribution in [1.82, 2.24) is 9.80 Å². The van der Waals surface area contributed by atoms with Gasteiger partial charge in [0.2, 0.25) is 0 Å². The Morgan fingerprint density at radius 1 is 1.08 bits per heavy atom. The highest BCUT2D eigenvalue weighted by Crippen LogP contribution is 2.15. The first-order valence-electron chi connectivity index (χ1n) is 8.17. The lowest BCUT2D eigenvalue weighted by molar-refractivity contribution is 0.177. The molecule has 0 unspecified atom stereocenters. The minimum Gasteiger partial charge on any atom is -0.346 e. The van der Waals surface area contributed by atoms with Gasteiger partial charge in [-0.25, -0.2) is 4.39 Å². The maximum absolute atomic E-state index is 13.7. The smallest absolute Gasteiger partial charge is 0.173 e. The van der Waals surface area contributed by atoms with E-state index in [0.29, 0.717) is 16.4 Å². The number of nitrogens with zero attached hydrogens (tertiary/aromatic N) is 3. The molecule has 6 heteroatoms. The lowest BCUT2D eigenvalue weighted by Gasteiger charge is -2.36. The van der Waals surface area contributed by atoms with E-state index in [1.54, 1.807) is 18.2 Å². The molecule has 0 atom stereocenters. The van der Waals surface area contributed by atoms with Crippen LogP contribution in [0, 0.1) is 17.1 Å². The Bertz CT molecular complexity index is 777. The van der Waals surface area contributed by atoms with E-state index in [2.05, 4.69) is 21.2 Å². The fourth-order valence-corrected chi connectivity index (χ4v) is 3.10. The summed E-state index contributed by atoms with van der Waals surface area (Å²) in [6, 6.07) is 16.4. The van der Waals surface area contributed by atoms with Crippen LogP contribution in [-0.4, -0.2) is 41.1 Å². The van der Waals surface area contributed by atoms with Gasteiger partial charge in [-0.2, -0.15) is 5.26 Å². The number of nitrogens with one attached hydrogen (secondary N) is 1. The van der Waals surface area contributed by atoms with Crippen molar-refractivity contribution in [2.75, 3.05) is 31.5 Å². The van der Waals surface area contributed by atoms with Gasteiger partial charge in [-0.05, 0) is 42.0 Å². The summed E-state index contributed by atoms with van der Waals surface area (Å²) in [4.78, 5) is 4.42. The zero-order valence-corrected chi connectivity index (χ0v) is 14.6. The monoisotopic (exact) mass is 354 g/mol. The molecule has 1 fully saturated rings. The number of para-hydroxylation sites is 1. The largest absolute Gasteiger partial charge is 0.346 e. The van der Waals surface area contributed by atoms with E-state index < -0.39 is 0 Å². The molecule has 0 aliphatic carbocycles. The zero-order chi connectivity index (χ0) is 17.6. The van der Waals surface area contributed by atoms with E-state index in [1.807, 2.05) is 24.3 Å². The van der Waals surface area contributed by atoms with Gasteiger partial charge in [0.1, 0.15) is 5.82 Å². The van der Waals surface area contributed by atoms with Gasteiger partial charge in [-0.15, -0.1) is 0 Å². The number of hydrogen-bond donors (Lipinski definition) is 1. The summed E-state index contributed by atoms with van der Waals surface area (Å²) in [7, 11) is 0. The van der Waals surface area contributed by atoms with E-state index in [-0.39, 0.29) is 5.82 Å². The van der Waals surface area contributed by atoms with E-state index >= 15 is 0 Å². The molecule has 1 aliphatic rings. The Hall–Kier alpha value is -2.49. The van der Waals surface area contributed by atoms with Crippen molar-refractivity contribution in [3.05, 3.63) is 65.5 Å². The Morgan fingerprint density at radius 3 is 2.40 bits per heavy atom. The first kappa shape index (κ1) is 17.3. The quantitative estimate of drug-likeness (QED) is 0.858. The Labute approximate surface area is 152 Å². The predicted molar refractivity (Wildman–Crippen MR) is 101 cm³/mol. The van der Waals surface area contributed by atoms with Crippen LogP contribution >= 0.6 is 12.2 Å². The first-order chi connectivity index (χ1) is 12.2. The standard InChI is InChI=1S/C19H19FN4S/c20-17-3-1-2-4-18(17)22-19(25)24-11-9-23(10-12-24)14-16-7-5-15(13-21)6-8-16/h1-8H,9-12,14H2,(H,22,25). The molecule has 2 aromatic rings. The van der Waals surface area contributed by atoms with Crippen molar-refractivity contribution in [3.63, 3.8) is 0 Å². The van der Waals surface area contributed by atoms with E-state index in [9.17, 15) is 4.39 Å². The van der Waals surface area contributed by atoms with Crippen LogP contribution in [-0.2, 0) is 6.54 Å². The summed E-state index contributed by atoms with van der Waals surface area (Å²) in [5.41, 5.74) is 2.28. The van der Waals surface area contributed by atoms with Crippen LogP contribution in [0.5, 0.6) is 0 Å². The van der Waals surface area contributed by atoms with Gasteiger partial charge >= 0.3 is 0 Å². The van der Waals surface area contributed by atoms with Crippen LogP contribution in [0.2, 0.25) is 0 Å². The minimum absolute atomic E-state index is 0.302. The molecule has 2 aromatic carbocycles. The summed E-state index contributed by atoms with van der Waals surface area (Å²) in [6.45, 7) is 4.23. The molecular formula is C19H19FN4S. The highest BCUT2D eigenvalue weighted by atomic mass is 32.1. The molecule has 0 radical (unpaired) electrons. The lowest BCUT2D eigenvalue weighted by Crippen LogP contribution is -2.49. The number of benzene rings is 2. The second-order valence-corrected chi connectivity index (χ2v) is 6.37. The van der Waals surface area contributed by atoms with Gasteiger partial charge < -0.3 is 10.2 Å². The molecule has 1 heterocycles. The van der Waals surface area contributed by atoms with E-state index in [4.69, 9.17) is 17.5 Å². The van der Waals surface area contributed by atoms with Crippen LogP contribution < -0.4 is 5.32 Å². The molecule has 25 heavy (non-hydrogen) atoms. The van der Waals surface area contributed by atoms with Gasteiger partial charge in [0.15, 0.2) is 5.11 Å². The predicted octanol–water partition coefficient (Wildman–Crippen LogP) is 3.21. The van der Waals surface area contributed by atoms with Gasteiger partial charge in [0.25, 0.3) is 0 Å². The molecule has 0 saturated carbocycles. The molecule has 0 aromatic heterocycles. The highest BCUT2D eigenvalue weighted by molar-refractivity contribution is 7.80. The molecule has 128 valence electrons. The number of rotatable bonds is 3. The Kier molecular flexibility index (Phi) is 5.59. The molecule has 0 bridgehead atoms. The maximum Gasteiger partial charge on any atom is 0.173 e. The van der Waals surface area contributed by atoms with Crippen LogP contribution in [0.4, 0.5) is 10.1 Å². The third kappa shape index (κ3) is 4.53. The normalized spacial score (nSPS) is 14.8. The number of hydrogen-bond acceptors (Lipinski definition) is 3. The second-order valence-electron chi connectivity index (χ2n) is 5.98. The zero-order valence-electron chi connectivity index (χ0n) is 13.8. The fourth-order valence-electron chi connectivity index (χ4n) is 2.81. The number of anilines is 1. The SMILES string of the molecule is N#Cc1ccc(CN2CCN(C(=S)Nc3ccccc3F)CC2)cc1. The van der Waals surface area contributed by atoms with Crippen molar-refractivity contribution in [1.29, 1.82) is 5.26 Å². The van der Waals surface area contributed by atoms with Gasteiger partial charge in [0.05, 0.1) is 17.3 Å². The Balaban J connectivity index is 1.50. The highest BCUT2D eigenvalue weighted by Gasteiger charge is 2.19. The fraction of sp³-hybridized carbons (Fsp3) is 0.263. The average molecular weight is 354 g/mol. The number of halogens is 1. The summed E-state index contributed by atoms with van der Waals surface area (Å²) in [5, 5.41) is 12.4. The number of thiocarbonyl (C=S) groups is 1. The van der Waals surface area contributed by atoms with Crippen LogP contribution in [0.15, 0.2) is 48.5 Å². The van der Waals surface area contributed by atoms with E-state index in [1.165, 1.54) is 11.6 Å². The molecule has 3 rings (SSSR count). The average Bonchev–Trinajstić information content (AvgIpc) is 2.65. The van der Waals surface area contributed by atoms with Crippen molar-refractivity contribution in [2.45, 2.75) is 6.54 Å². The molecule has 1 aliphatic heterocycles. The topological polar surface area (TPSA) is 42.3 Å². The van der Waals surface area contributed by atoms with Crippen LogP contribution in [0.1, 0.15) is 11.1 Å². The summed E-state index contributed by atoms with van der Waals surface area (Å²) < 4.78 is 13.7. The summed E-state index contributed by atoms with van der Waals surface area (Å²) >= 11 is 5.41. The van der Waals surface area contributed by atoms with Gasteiger partial charge in [-0.3, -0.25) is 4.90 Å². The molecule has 1 N–H and O–H groups in total. The van der Waals surface area contributed by atoms with Gasteiger partial charge in [0, 0.05) is 32.7 Å². The van der Waals surface area contributed by atoms with Crippen molar-refractivity contribution in [3.8, 4) is 6.07 Å². The van der Waals surface area contributed by atoms with E-state index in [0.717, 1.165) is 32.7 Å². The van der Waals surface area contributed by atoms with Crippen molar-refractivity contribution in [2.24, 2.45) is 0 Å².